The van der Waals surface area contributed by atoms with Crippen LogP contribution in [0.15, 0.2) is 62.8 Å². The van der Waals surface area contributed by atoms with Crippen molar-refractivity contribution in [2.45, 2.75) is 6.54 Å². The second-order valence-corrected chi connectivity index (χ2v) is 7.87. The molecule has 0 radical (unpaired) electrons. The van der Waals surface area contributed by atoms with E-state index in [0.717, 1.165) is 22.2 Å². The quantitative estimate of drug-likeness (QED) is 0.523. The monoisotopic (exact) mass is 431 g/mol. The number of benzene rings is 2. The summed E-state index contributed by atoms with van der Waals surface area (Å²) in [7, 11) is 0. The molecule has 140 valence electrons. The van der Waals surface area contributed by atoms with E-state index in [9.17, 15) is 14.4 Å². The maximum absolute atomic E-state index is 12.7. The molecular formula is C20H11Cl2NO4S. The van der Waals surface area contributed by atoms with Crippen LogP contribution >= 0.6 is 35.0 Å². The Morgan fingerprint density at radius 3 is 2.57 bits per heavy atom. The van der Waals surface area contributed by atoms with Gasteiger partial charge in [0.25, 0.3) is 11.1 Å². The van der Waals surface area contributed by atoms with Crippen molar-refractivity contribution in [1.29, 1.82) is 0 Å². The topological polar surface area (TPSA) is 67.6 Å². The van der Waals surface area contributed by atoms with Crippen molar-refractivity contribution in [2.24, 2.45) is 0 Å². The van der Waals surface area contributed by atoms with Crippen LogP contribution in [0.25, 0.3) is 17.0 Å². The van der Waals surface area contributed by atoms with Crippen molar-refractivity contribution in [3.63, 3.8) is 0 Å². The average Bonchev–Trinajstić information content (AvgIpc) is 2.93. The molecule has 2 aromatic carbocycles. The van der Waals surface area contributed by atoms with Crippen molar-refractivity contribution in [2.75, 3.05) is 0 Å². The van der Waals surface area contributed by atoms with E-state index in [1.165, 1.54) is 24.5 Å². The molecule has 1 aromatic heterocycles. The van der Waals surface area contributed by atoms with Crippen LogP contribution in [-0.4, -0.2) is 16.0 Å². The lowest BCUT2D eigenvalue weighted by atomic mass is 10.1. The summed E-state index contributed by atoms with van der Waals surface area (Å²) in [6, 6.07) is 12.1. The van der Waals surface area contributed by atoms with Crippen molar-refractivity contribution in [3.8, 4) is 0 Å². The predicted molar refractivity (Wildman–Crippen MR) is 110 cm³/mol. The van der Waals surface area contributed by atoms with Crippen LogP contribution < -0.4 is 5.43 Å². The number of amides is 2. The van der Waals surface area contributed by atoms with Crippen LogP contribution in [0, 0.1) is 0 Å². The zero-order valence-corrected chi connectivity index (χ0v) is 16.5. The number of thioether (sulfide) groups is 1. The molecule has 2 heterocycles. The smallest absolute Gasteiger partial charge is 0.293 e. The fourth-order valence-electron chi connectivity index (χ4n) is 2.82. The third kappa shape index (κ3) is 3.46. The average molecular weight is 432 g/mol. The van der Waals surface area contributed by atoms with E-state index < -0.39 is 11.1 Å². The highest BCUT2D eigenvalue weighted by molar-refractivity contribution is 8.18. The molecule has 0 bridgehead atoms. The van der Waals surface area contributed by atoms with Gasteiger partial charge in [0, 0.05) is 5.02 Å². The van der Waals surface area contributed by atoms with Crippen LogP contribution in [0.1, 0.15) is 11.1 Å². The van der Waals surface area contributed by atoms with Crippen LogP contribution in [0.2, 0.25) is 10.0 Å². The molecule has 0 spiro atoms. The number of halogens is 2. The Hall–Kier alpha value is -2.54. The van der Waals surface area contributed by atoms with Gasteiger partial charge >= 0.3 is 0 Å². The van der Waals surface area contributed by atoms with Gasteiger partial charge in [-0.15, -0.1) is 0 Å². The Balaban J connectivity index is 1.70. The molecule has 1 fully saturated rings. The second-order valence-electron chi connectivity index (χ2n) is 6.04. The van der Waals surface area contributed by atoms with Gasteiger partial charge < -0.3 is 4.42 Å². The number of rotatable bonds is 3. The van der Waals surface area contributed by atoms with Crippen LogP contribution in [-0.2, 0) is 11.3 Å². The molecule has 0 N–H and O–H groups in total. The van der Waals surface area contributed by atoms with E-state index in [1.54, 1.807) is 0 Å². The zero-order chi connectivity index (χ0) is 19.8. The lowest BCUT2D eigenvalue weighted by Crippen LogP contribution is -2.27. The first kappa shape index (κ1) is 18.8. The minimum absolute atomic E-state index is 0.135. The van der Waals surface area contributed by atoms with Gasteiger partial charge in [-0.05, 0) is 35.5 Å². The van der Waals surface area contributed by atoms with E-state index in [0.29, 0.717) is 5.02 Å². The number of nitrogens with zero attached hydrogens (tertiary/aromatic N) is 1. The summed E-state index contributed by atoms with van der Waals surface area (Å²) in [4.78, 5) is 39.0. The third-order valence-electron chi connectivity index (χ3n) is 4.16. The zero-order valence-electron chi connectivity index (χ0n) is 14.1. The number of carbonyl (C=O) groups excluding carboxylic acids is 2. The van der Waals surface area contributed by atoms with Crippen LogP contribution in [0.3, 0.4) is 0 Å². The molecule has 1 aliphatic rings. The maximum atomic E-state index is 12.7. The fourth-order valence-corrected chi connectivity index (χ4v) is 4.19. The van der Waals surface area contributed by atoms with Crippen molar-refractivity contribution in [1.82, 2.24) is 4.90 Å². The van der Waals surface area contributed by atoms with Gasteiger partial charge in [0.05, 0.1) is 27.4 Å². The predicted octanol–water partition coefficient (Wildman–Crippen LogP) is 5.34. The van der Waals surface area contributed by atoms with Crippen molar-refractivity contribution in [3.05, 3.63) is 85.0 Å². The van der Waals surface area contributed by atoms with Gasteiger partial charge in [-0.2, -0.15) is 0 Å². The minimum atomic E-state index is -0.456. The van der Waals surface area contributed by atoms with Gasteiger partial charge in [-0.1, -0.05) is 53.5 Å². The minimum Gasteiger partial charge on any atom is -0.462 e. The first-order valence-electron chi connectivity index (χ1n) is 8.14. The number of fused-ring (bicyclic) bond motifs is 1. The van der Waals surface area contributed by atoms with E-state index in [1.807, 2.05) is 30.3 Å². The summed E-state index contributed by atoms with van der Waals surface area (Å²) < 4.78 is 5.45. The van der Waals surface area contributed by atoms with Crippen LogP contribution in [0.4, 0.5) is 4.79 Å². The van der Waals surface area contributed by atoms with Crippen LogP contribution in [0.5, 0.6) is 0 Å². The highest BCUT2D eigenvalue weighted by Crippen LogP contribution is 2.33. The molecule has 4 rings (SSSR count). The SMILES string of the molecule is O=C1S/C(=C\c2coc3c(Cl)cc(Cl)cc3c2=O)C(=O)N1Cc1ccccc1. The number of imide groups is 1. The number of hydrogen-bond donors (Lipinski definition) is 0. The molecule has 1 aliphatic heterocycles. The van der Waals surface area contributed by atoms with Gasteiger partial charge in [0.15, 0.2) is 11.0 Å². The lowest BCUT2D eigenvalue weighted by molar-refractivity contribution is -0.123. The molecule has 0 unspecified atom stereocenters. The molecule has 0 aliphatic carbocycles. The highest BCUT2D eigenvalue weighted by atomic mass is 35.5. The van der Waals surface area contributed by atoms with E-state index in [4.69, 9.17) is 27.6 Å². The van der Waals surface area contributed by atoms with Gasteiger partial charge in [0.2, 0.25) is 0 Å². The first-order chi connectivity index (χ1) is 13.4. The summed E-state index contributed by atoms with van der Waals surface area (Å²) >= 11 is 12.8. The van der Waals surface area contributed by atoms with E-state index >= 15 is 0 Å². The summed E-state index contributed by atoms with van der Waals surface area (Å²) in [5.74, 6) is -0.456. The number of hydrogen-bond acceptors (Lipinski definition) is 5. The molecule has 5 nitrogen and oxygen atoms in total. The second kappa shape index (κ2) is 7.47. The van der Waals surface area contributed by atoms with Crippen molar-refractivity contribution >= 4 is 63.2 Å². The largest absolute Gasteiger partial charge is 0.462 e. The molecule has 0 saturated carbocycles. The Bertz CT molecular complexity index is 1200. The standard InChI is InChI=1S/C20H11Cl2NO4S/c21-13-7-14-17(24)12(10-27-18(14)15(22)8-13)6-16-19(25)23(20(26)28-16)9-11-4-2-1-3-5-11/h1-8,10H,9H2/b16-6-. The van der Waals surface area contributed by atoms with E-state index in [2.05, 4.69) is 0 Å². The van der Waals surface area contributed by atoms with Gasteiger partial charge in [-0.3, -0.25) is 19.3 Å². The van der Waals surface area contributed by atoms with Gasteiger partial charge in [-0.25, -0.2) is 0 Å². The summed E-state index contributed by atoms with van der Waals surface area (Å²) in [6.45, 7) is 0.167. The molecule has 8 heteroatoms. The molecule has 28 heavy (non-hydrogen) atoms. The Morgan fingerprint density at radius 1 is 1.07 bits per heavy atom. The summed E-state index contributed by atoms with van der Waals surface area (Å²) in [6.07, 6.45) is 2.57. The fraction of sp³-hybridized carbons (Fsp3) is 0.0500. The number of carbonyl (C=O) groups is 2. The summed E-state index contributed by atoms with van der Waals surface area (Å²) in [5.41, 5.74) is 0.794. The molecule has 1 saturated heterocycles. The molecular weight excluding hydrogens is 421 g/mol. The van der Waals surface area contributed by atoms with E-state index in [-0.39, 0.29) is 38.4 Å². The highest BCUT2D eigenvalue weighted by Gasteiger charge is 2.35. The Kier molecular flexibility index (Phi) is 5.02. The maximum Gasteiger partial charge on any atom is 0.293 e. The van der Waals surface area contributed by atoms with Crippen molar-refractivity contribution < 1.29 is 14.0 Å². The molecule has 3 aromatic rings. The molecule has 0 atom stereocenters. The first-order valence-corrected chi connectivity index (χ1v) is 9.71. The molecule has 2 amide bonds. The normalized spacial score (nSPS) is 15.8. The van der Waals surface area contributed by atoms with Gasteiger partial charge in [0.1, 0.15) is 6.26 Å². The Labute approximate surface area is 173 Å². The third-order valence-corrected chi connectivity index (χ3v) is 5.57. The lowest BCUT2D eigenvalue weighted by Gasteiger charge is -2.12. The summed E-state index contributed by atoms with van der Waals surface area (Å²) in [5, 5.41) is 0.325. The Morgan fingerprint density at radius 2 is 1.82 bits per heavy atom.